The van der Waals surface area contributed by atoms with Crippen molar-refractivity contribution in [1.82, 2.24) is 9.97 Å². The van der Waals surface area contributed by atoms with Gasteiger partial charge in [-0.2, -0.15) is 0 Å². The van der Waals surface area contributed by atoms with E-state index in [1.54, 1.807) is 38.3 Å². The highest BCUT2D eigenvalue weighted by Gasteiger charge is 2.09. The minimum Gasteiger partial charge on any atom is -0.497 e. The van der Waals surface area contributed by atoms with E-state index < -0.39 is 0 Å². The van der Waals surface area contributed by atoms with Gasteiger partial charge in [-0.3, -0.25) is 4.79 Å². The van der Waals surface area contributed by atoms with E-state index in [1.807, 2.05) is 0 Å². The molecule has 0 N–H and O–H groups in total. The van der Waals surface area contributed by atoms with Crippen LogP contribution < -0.4 is 4.74 Å². The fraction of sp³-hybridized carbons (Fsp3) is 0.154. The third-order valence-electron chi connectivity index (χ3n) is 2.43. The first kappa shape index (κ1) is 12.5. The summed E-state index contributed by atoms with van der Waals surface area (Å²) in [5.41, 5.74) is 2.08. The number of hydrogen-bond acceptors (Lipinski definition) is 4. The molecule has 0 saturated carbocycles. The van der Waals surface area contributed by atoms with E-state index in [0.29, 0.717) is 28.4 Å². The van der Waals surface area contributed by atoms with Crippen LogP contribution in [0.2, 0.25) is 5.02 Å². The summed E-state index contributed by atoms with van der Waals surface area (Å²) in [5.74, 6) is 0.821. The molecule has 2 aromatic rings. The standard InChI is InChI=1S/C13H11ClN2O2/c1-8-5-12(16-13(7-17)15-8)10-4-3-9(18-2)6-11(10)14/h3-7H,1-2H3. The molecule has 2 rings (SSSR count). The highest BCUT2D eigenvalue weighted by Crippen LogP contribution is 2.30. The second kappa shape index (κ2) is 5.14. The van der Waals surface area contributed by atoms with Crippen LogP contribution in [0.3, 0.4) is 0 Å². The van der Waals surface area contributed by atoms with Gasteiger partial charge in [0.05, 0.1) is 17.8 Å². The van der Waals surface area contributed by atoms with Gasteiger partial charge in [0.15, 0.2) is 12.1 Å². The number of aldehydes is 1. The molecule has 0 saturated heterocycles. The second-order valence-corrected chi connectivity index (χ2v) is 4.12. The maximum atomic E-state index is 10.7. The molecule has 4 nitrogen and oxygen atoms in total. The summed E-state index contributed by atoms with van der Waals surface area (Å²) in [7, 11) is 1.57. The minimum atomic E-state index is 0.150. The summed E-state index contributed by atoms with van der Waals surface area (Å²) in [5, 5.41) is 0.518. The molecular weight excluding hydrogens is 252 g/mol. The van der Waals surface area contributed by atoms with Crippen LogP contribution in [0.1, 0.15) is 16.3 Å². The average Bonchev–Trinajstić information content (AvgIpc) is 2.37. The Hall–Kier alpha value is -1.94. The van der Waals surface area contributed by atoms with Gasteiger partial charge in [0.1, 0.15) is 5.75 Å². The second-order valence-electron chi connectivity index (χ2n) is 3.72. The number of hydrogen-bond donors (Lipinski definition) is 0. The van der Waals surface area contributed by atoms with Crippen LogP contribution in [-0.2, 0) is 0 Å². The number of aryl methyl sites for hydroxylation is 1. The van der Waals surface area contributed by atoms with Crippen molar-refractivity contribution in [2.24, 2.45) is 0 Å². The molecule has 0 bridgehead atoms. The van der Waals surface area contributed by atoms with Crippen molar-refractivity contribution < 1.29 is 9.53 Å². The summed E-state index contributed by atoms with van der Waals surface area (Å²) in [6, 6.07) is 7.08. The monoisotopic (exact) mass is 262 g/mol. The smallest absolute Gasteiger partial charge is 0.193 e. The molecule has 0 aliphatic heterocycles. The molecule has 5 heteroatoms. The molecule has 1 aromatic carbocycles. The zero-order chi connectivity index (χ0) is 13.1. The van der Waals surface area contributed by atoms with Crippen molar-refractivity contribution in [2.75, 3.05) is 7.11 Å². The lowest BCUT2D eigenvalue weighted by atomic mass is 10.1. The first-order valence-corrected chi connectivity index (χ1v) is 5.66. The number of carbonyl (C=O) groups excluding carboxylic acids is 1. The molecular formula is C13H11ClN2O2. The first-order chi connectivity index (χ1) is 8.63. The number of methoxy groups -OCH3 is 1. The van der Waals surface area contributed by atoms with E-state index in [9.17, 15) is 4.79 Å². The van der Waals surface area contributed by atoms with E-state index in [0.717, 1.165) is 5.56 Å². The highest BCUT2D eigenvalue weighted by atomic mass is 35.5. The normalized spacial score (nSPS) is 10.2. The number of benzene rings is 1. The van der Waals surface area contributed by atoms with Crippen LogP contribution >= 0.6 is 11.6 Å². The van der Waals surface area contributed by atoms with Crippen molar-refractivity contribution in [3.63, 3.8) is 0 Å². The fourth-order valence-corrected chi connectivity index (χ4v) is 1.88. The number of nitrogens with zero attached hydrogens (tertiary/aromatic N) is 2. The van der Waals surface area contributed by atoms with Crippen LogP contribution in [0.4, 0.5) is 0 Å². The number of aromatic nitrogens is 2. The fourth-order valence-electron chi connectivity index (χ4n) is 1.61. The van der Waals surface area contributed by atoms with Crippen LogP contribution in [-0.4, -0.2) is 23.4 Å². The van der Waals surface area contributed by atoms with Crippen LogP contribution in [0.25, 0.3) is 11.3 Å². The topological polar surface area (TPSA) is 52.1 Å². The Morgan fingerprint density at radius 3 is 2.67 bits per heavy atom. The van der Waals surface area contributed by atoms with Crippen molar-refractivity contribution in [3.8, 4) is 17.0 Å². The molecule has 92 valence electrons. The SMILES string of the molecule is COc1ccc(-c2cc(C)nc(C=O)n2)c(Cl)c1. The van der Waals surface area contributed by atoms with E-state index in [4.69, 9.17) is 16.3 Å². The van der Waals surface area contributed by atoms with E-state index >= 15 is 0 Å². The summed E-state index contributed by atoms with van der Waals surface area (Å²) < 4.78 is 5.08. The molecule has 0 atom stereocenters. The van der Waals surface area contributed by atoms with Crippen molar-refractivity contribution in [2.45, 2.75) is 6.92 Å². The van der Waals surface area contributed by atoms with Gasteiger partial charge in [0, 0.05) is 11.3 Å². The zero-order valence-electron chi connectivity index (χ0n) is 9.98. The Bertz CT molecular complexity index is 600. The lowest BCUT2D eigenvalue weighted by Gasteiger charge is -2.07. The van der Waals surface area contributed by atoms with Gasteiger partial charge in [-0.1, -0.05) is 11.6 Å². The zero-order valence-corrected chi connectivity index (χ0v) is 10.7. The Kier molecular flexibility index (Phi) is 3.58. The van der Waals surface area contributed by atoms with Gasteiger partial charge in [-0.25, -0.2) is 9.97 Å². The summed E-state index contributed by atoms with van der Waals surface area (Å²) in [6.45, 7) is 1.80. The number of carbonyl (C=O) groups is 1. The molecule has 0 radical (unpaired) electrons. The number of ether oxygens (including phenoxy) is 1. The van der Waals surface area contributed by atoms with Gasteiger partial charge in [-0.05, 0) is 31.2 Å². The van der Waals surface area contributed by atoms with Gasteiger partial charge < -0.3 is 4.74 Å². The third-order valence-corrected chi connectivity index (χ3v) is 2.74. The predicted molar refractivity (Wildman–Crippen MR) is 69.2 cm³/mol. The van der Waals surface area contributed by atoms with Crippen LogP contribution in [0, 0.1) is 6.92 Å². The van der Waals surface area contributed by atoms with E-state index in [1.165, 1.54) is 0 Å². The molecule has 0 aliphatic carbocycles. The third kappa shape index (κ3) is 2.49. The molecule has 0 spiro atoms. The first-order valence-electron chi connectivity index (χ1n) is 5.29. The largest absolute Gasteiger partial charge is 0.497 e. The van der Waals surface area contributed by atoms with Crippen molar-refractivity contribution >= 4 is 17.9 Å². The maximum absolute atomic E-state index is 10.7. The maximum Gasteiger partial charge on any atom is 0.193 e. The molecule has 0 fully saturated rings. The molecule has 0 amide bonds. The molecule has 1 heterocycles. The Balaban J connectivity index is 2.54. The van der Waals surface area contributed by atoms with Crippen LogP contribution in [0.5, 0.6) is 5.75 Å². The predicted octanol–water partition coefficient (Wildman–Crippen LogP) is 2.93. The summed E-state index contributed by atoms with van der Waals surface area (Å²) in [6.07, 6.45) is 0.619. The number of halogens is 1. The molecule has 0 aliphatic rings. The summed E-state index contributed by atoms with van der Waals surface area (Å²) >= 11 is 6.16. The average molecular weight is 263 g/mol. The van der Waals surface area contributed by atoms with Gasteiger partial charge in [-0.15, -0.1) is 0 Å². The van der Waals surface area contributed by atoms with E-state index in [-0.39, 0.29) is 5.82 Å². The van der Waals surface area contributed by atoms with Crippen molar-refractivity contribution in [3.05, 3.63) is 40.8 Å². The Morgan fingerprint density at radius 1 is 1.28 bits per heavy atom. The molecule has 0 unspecified atom stereocenters. The highest BCUT2D eigenvalue weighted by molar-refractivity contribution is 6.33. The van der Waals surface area contributed by atoms with Crippen LogP contribution in [0.15, 0.2) is 24.3 Å². The quantitative estimate of drug-likeness (QED) is 0.798. The number of rotatable bonds is 3. The molecule has 1 aromatic heterocycles. The van der Waals surface area contributed by atoms with Gasteiger partial charge in [0.2, 0.25) is 0 Å². The van der Waals surface area contributed by atoms with E-state index in [2.05, 4.69) is 9.97 Å². The summed E-state index contributed by atoms with van der Waals surface area (Å²) in [4.78, 5) is 18.9. The van der Waals surface area contributed by atoms with Gasteiger partial charge >= 0.3 is 0 Å². The lowest BCUT2D eigenvalue weighted by Crippen LogP contribution is -1.97. The molecule has 18 heavy (non-hydrogen) atoms. The van der Waals surface area contributed by atoms with Crippen molar-refractivity contribution in [1.29, 1.82) is 0 Å². The lowest BCUT2D eigenvalue weighted by molar-refractivity contribution is 0.111. The minimum absolute atomic E-state index is 0.150. The Morgan fingerprint density at radius 2 is 2.06 bits per heavy atom. The Labute approximate surface area is 110 Å². The van der Waals surface area contributed by atoms with Gasteiger partial charge in [0.25, 0.3) is 0 Å².